The maximum atomic E-state index is 12.9. The lowest BCUT2D eigenvalue weighted by Crippen LogP contribution is -2.47. The third-order valence-corrected chi connectivity index (χ3v) is 7.03. The summed E-state index contributed by atoms with van der Waals surface area (Å²) < 4.78 is 31.1. The number of urea groups is 1. The van der Waals surface area contributed by atoms with Gasteiger partial charge in [-0.25, -0.2) is 13.2 Å². The largest absolute Gasteiger partial charge is 0.497 e. The first kappa shape index (κ1) is 22.4. The molecule has 1 spiro atoms. The second-order valence-electron chi connectivity index (χ2n) is 8.11. The third kappa shape index (κ3) is 5.04. The highest BCUT2D eigenvalue weighted by Crippen LogP contribution is 2.35. The molecule has 2 aliphatic rings. The van der Waals surface area contributed by atoms with Crippen LogP contribution in [0.1, 0.15) is 18.9 Å². The van der Waals surface area contributed by atoms with Crippen molar-refractivity contribution in [2.45, 2.75) is 19.9 Å². The molecule has 0 saturated carbocycles. The Labute approximate surface area is 178 Å². The number of amides is 3. The molecule has 2 saturated heterocycles. The standard InChI is InChI=1S/C20H30N4O5S/c1-4-22-13-20(11-18(22)25)14-23(8-9-24(15-20)30(3,27)28)19(26)21-12-16-6-5-7-17(10-16)29-2/h5-7,10H,4,8-9,11-15H2,1-3H3,(H,21,26). The van der Waals surface area contributed by atoms with Crippen LogP contribution in [0.2, 0.25) is 0 Å². The monoisotopic (exact) mass is 438 g/mol. The van der Waals surface area contributed by atoms with Crippen LogP contribution in [0, 0.1) is 5.41 Å². The normalized spacial score (nSPS) is 23.0. The summed E-state index contributed by atoms with van der Waals surface area (Å²) in [5.41, 5.74) is 0.304. The van der Waals surface area contributed by atoms with Gasteiger partial charge in [0.2, 0.25) is 15.9 Å². The first-order valence-corrected chi connectivity index (χ1v) is 11.9. The molecule has 0 aliphatic carbocycles. The summed E-state index contributed by atoms with van der Waals surface area (Å²) in [5, 5.41) is 2.91. The Balaban J connectivity index is 1.75. The second kappa shape index (κ2) is 8.81. The summed E-state index contributed by atoms with van der Waals surface area (Å²) in [6.45, 7) is 4.33. The number of hydrogen-bond donors (Lipinski definition) is 1. The van der Waals surface area contributed by atoms with Crippen LogP contribution in [0.3, 0.4) is 0 Å². The lowest BCUT2D eigenvalue weighted by atomic mass is 9.86. The zero-order chi connectivity index (χ0) is 21.9. The number of hydrogen-bond acceptors (Lipinski definition) is 5. The number of likely N-dealkylation sites (tertiary alicyclic amines) is 1. The van der Waals surface area contributed by atoms with Crippen LogP contribution in [0.5, 0.6) is 5.75 Å². The van der Waals surface area contributed by atoms with E-state index in [-0.39, 0.29) is 38.0 Å². The van der Waals surface area contributed by atoms with Crippen LogP contribution in [0.15, 0.2) is 24.3 Å². The maximum absolute atomic E-state index is 12.9. The Bertz CT molecular complexity index is 906. The minimum absolute atomic E-state index is 0.00425. The van der Waals surface area contributed by atoms with Gasteiger partial charge in [-0.15, -0.1) is 0 Å². The van der Waals surface area contributed by atoms with Crippen LogP contribution in [-0.2, 0) is 21.4 Å². The Kier molecular flexibility index (Phi) is 6.56. The molecule has 2 fully saturated rings. The number of methoxy groups -OCH3 is 1. The van der Waals surface area contributed by atoms with E-state index in [9.17, 15) is 18.0 Å². The van der Waals surface area contributed by atoms with Crippen LogP contribution in [0.25, 0.3) is 0 Å². The Hall–Kier alpha value is -2.33. The minimum atomic E-state index is -3.44. The van der Waals surface area contributed by atoms with E-state index in [0.29, 0.717) is 31.9 Å². The molecule has 2 aliphatic heterocycles. The number of sulfonamides is 1. The molecule has 2 heterocycles. The molecule has 1 unspecified atom stereocenters. The molecule has 0 radical (unpaired) electrons. The van der Waals surface area contributed by atoms with E-state index in [2.05, 4.69) is 5.32 Å². The predicted molar refractivity (Wildman–Crippen MR) is 113 cm³/mol. The van der Waals surface area contributed by atoms with Crippen molar-refractivity contribution in [3.63, 3.8) is 0 Å². The van der Waals surface area contributed by atoms with E-state index in [1.165, 1.54) is 10.6 Å². The minimum Gasteiger partial charge on any atom is -0.497 e. The molecule has 30 heavy (non-hydrogen) atoms. The van der Waals surface area contributed by atoms with Gasteiger partial charge in [-0.05, 0) is 24.6 Å². The molecule has 0 bridgehead atoms. The quantitative estimate of drug-likeness (QED) is 0.730. The van der Waals surface area contributed by atoms with Crippen molar-refractivity contribution < 1.29 is 22.7 Å². The fraction of sp³-hybridized carbons (Fsp3) is 0.600. The molecule has 0 aromatic heterocycles. The molecule has 3 amide bonds. The van der Waals surface area contributed by atoms with E-state index in [0.717, 1.165) is 5.56 Å². The van der Waals surface area contributed by atoms with Crippen LogP contribution in [-0.4, -0.2) is 87.1 Å². The zero-order valence-corrected chi connectivity index (χ0v) is 18.6. The van der Waals surface area contributed by atoms with Crippen LogP contribution >= 0.6 is 0 Å². The number of rotatable bonds is 5. The number of ether oxygens (including phenoxy) is 1. The number of carbonyl (C=O) groups excluding carboxylic acids is 2. The van der Waals surface area contributed by atoms with Crippen molar-refractivity contribution in [3.8, 4) is 5.75 Å². The van der Waals surface area contributed by atoms with Crippen molar-refractivity contribution in [3.05, 3.63) is 29.8 Å². The van der Waals surface area contributed by atoms with Crippen molar-refractivity contribution >= 4 is 22.0 Å². The SMILES string of the molecule is CCN1CC2(CC1=O)CN(C(=O)NCc1cccc(OC)c1)CCN(S(C)(=O)=O)C2. The number of carbonyl (C=O) groups is 2. The summed E-state index contributed by atoms with van der Waals surface area (Å²) in [6.07, 6.45) is 1.42. The first-order valence-electron chi connectivity index (χ1n) is 10.0. The number of benzene rings is 1. The number of nitrogens with zero attached hydrogens (tertiary/aromatic N) is 3. The van der Waals surface area contributed by atoms with Crippen molar-refractivity contribution in [2.75, 3.05) is 52.6 Å². The van der Waals surface area contributed by atoms with Crippen LogP contribution < -0.4 is 10.1 Å². The summed E-state index contributed by atoms with van der Waals surface area (Å²) >= 11 is 0. The molecule has 1 N–H and O–H groups in total. The van der Waals surface area contributed by atoms with Gasteiger partial charge in [0, 0.05) is 57.6 Å². The lowest BCUT2D eigenvalue weighted by molar-refractivity contribution is -0.127. The average molecular weight is 439 g/mol. The van der Waals surface area contributed by atoms with Gasteiger partial charge >= 0.3 is 6.03 Å². The number of nitrogens with one attached hydrogen (secondary N) is 1. The van der Waals surface area contributed by atoms with E-state index < -0.39 is 15.4 Å². The molecule has 1 aromatic rings. The van der Waals surface area contributed by atoms with Crippen molar-refractivity contribution in [1.82, 2.24) is 19.4 Å². The van der Waals surface area contributed by atoms with Gasteiger partial charge in [0.05, 0.1) is 13.4 Å². The maximum Gasteiger partial charge on any atom is 0.317 e. The van der Waals surface area contributed by atoms with E-state index >= 15 is 0 Å². The first-order chi connectivity index (χ1) is 14.2. The van der Waals surface area contributed by atoms with Crippen molar-refractivity contribution in [1.29, 1.82) is 0 Å². The molecule has 10 heteroatoms. The summed E-state index contributed by atoms with van der Waals surface area (Å²) in [6, 6.07) is 7.17. The van der Waals surface area contributed by atoms with Gasteiger partial charge in [-0.3, -0.25) is 4.79 Å². The molecular weight excluding hydrogens is 408 g/mol. The van der Waals surface area contributed by atoms with Crippen molar-refractivity contribution in [2.24, 2.45) is 5.41 Å². The van der Waals surface area contributed by atoms with Gasteiger partial charge in [0.1, 0.15) is 5.75 Å². The van der Waals surface area contributed by atoms with E-state index in [1.807, 2.05) is 31.2 Å². The molecule has 9 nitrogen and oxygen atoms in total. The smallest absolute Gasteiger partial charge is 0.317 e. The third-order valence-electron chi connectivity index (χ3n) is 5.78. The topological polar surface area (TPSA) is 99.3 Å². The average Bonchev–Trinajstić information content (AvgIpc) is 2.89. The van der Waals surface area contributed by atoms with Gasteiger partial charge in [-0.2, -0.15) is 4.31 Å². The molecular formula is C20H30N4O5S. The zero-order valence-electron chi connectivity index (χ0n) is 17.8. The molecule has 166 valence electrons. The lowest BCUT2D eigenvalue weighted by Gasteiger charge is -2.33. The molecule has 3 rings (SSSR count). The van der Waals surface area contributed by atoms with Gasteiger partial charge in [0.25, 0.3) is 0 Å². The fourth-order valence-electron chi connectivity index (χ4n) is 4.23. The summed E-state index contributed by atoms with van der Waals surface area (Å²) in [5.74, 6) is 0.716. The second-order valence-corrected chi connectivity index (χ2v) is 10.1. The molecule has 1 aromatic carbocycles. The van der Waals surface area contributed by atoms with Gasteiger partial charge in [0.15, 0.2) is 0 Å². The summed E-state index contributed by atoms with van der Waals surface area (Å²) in [4.78, 5) is 28.7. The fourth-order valence-corrected chi connectivity index (χ4v) is 5.15. The summed E-state index contributed by atoms with van der Waals surface area (Å²) in [7, 11) is -1.85. The Morgan fingerprint density at radius 3 is 2.63 bits per heavy atom. The van der Waals surface area contributed by atoms with E-state index in [1.54, 1.807) is 16.9 Å². The van der Waals surface area contributed by atoms with Crippen LogP contribution in [0.4, 0.5) is 4.79 Å². The highest BCUT2D eigenvalue weighted by Gasteiger charge is 2.48. The Morgan fingerprint density at radius 1 is 1.23 bits per heavy atom. The highest BCUT2D eigenvalue weighted by atomic mass is 32.2. The highest BCUT2D eigenvalue weighted by molar-refractivity contribution is 7.88. The Morgan fingerprint density at radius 2 is 2.00 bits per heavy atom. The predicted octanol–water partition coefficient (Wildman–Crippen LogP) is 0.721. The van der Waals surface area contributed by atoms with Gasteiger partial charge < -0.3 is 19.9 Å². The van der Waals surface area contributed by atoms with E-state index in [4.69, 9.17) is 4.74 Å². The van der Waals surface area contributed by atoms with Gasteiger partial charge in [-0.1, -0.05) is 12.1 Å². The molecule has 1 atom stereocenters.